The van der Waals surface area contributed by atoms with Crippen molar-refractivity contribution in [1.82, 2.24) is 23.6 Å². The topological polar surface area (TPSA) is 94.5 Å². The van der Waals surface area contributed by atoms with Crippen molar-refractivity contribution in [2.75, 3.05) is 26.8 Å². The Morgan fingerprint density at radius 1 is 1.00 bits per heavy atom. The number of hydrogen-bond acceptors (Lipinski definition) is 5. The number of piperidine rings is 1. The molecule has 1 N–H and O–H groups in total. The number of aliphatic hydroxyl groups is 1. The molecule has 0 aliphatic carbocycles. The summed E-state index contributed by atoms with van der Waals surface area (Å²) < 4.78 is 10.7. The SMILES string of the molecule is COC(=O)N1CCC(n2c(=O)n(Cc3nc4ccccc4n3CCCCO)c3ccccc32)CC1. The lowest BCUT2D eigenvalue weighted by atomic mass is 10.1. The van der Waals surface area contributed by atoms with E-state index in [1.165, 1.54) is 7.11 Å². The molecule has 1 saturated heterocycles. The molecule has 9 nitrogen and oxygen atoms in total. The molecule has 0 radical (unpaired) electrons. The number of likely N-dealkylation sites (tertiary alicyclic amines) is 1. The monoisotopic (exact) mass is 477 g/mol. The summed E-state index contributed by atoms with van der Waals surface area (Å²) in [5.74, 6) is 0.828. The molecule has 184 valence electrons. The number of aromatic nitrogens is 4. The first-order valence-electron chi connectivity index (χ1n) is 12.2. The average Bonchev–Trinajstić information content (AvgIpc) is 3.38. The number of ether oxygens (including phenoxy) is 1. The van der Waals surface area contributed by atoms with Crippen molar-refractivity contribution < 1.29 is 14.6 Å². The van der Waals surface area contributed by atoms with Gasteiger partial charge in [-0.15, -0.1) is 0 Å². The van der Waals surface area contributed by atoms with Crippen LogP contribution in [0.2, 0.25) is 0 Å². The van der Waals surface area contributed by atoms with Crippen molar-refractivity contribution in [2.24, 2.45) is 0 Å². The molecule has 2 aromatic heterocycles. The quantitative estimate of drug-likeness (QED) is 0.412. The highest BCUT2D eigenvalue weighted by molar-refractivity contribution is 5.77. The number of carbonyl (C=O) groups is 1. The third kappa shape index (κ3) is 4.32. The number of imidazole rings is 2. The molecule has 2 aromatic carbocycles. The van der Waals surface area contributed by atoms with Crippen LogP contribution in [-0.4, -0.2) is 61.6 Å². The van der Waals surface area contributed by atoms with Gasteiger partial charge in [0.25, 0.3) is 0 Å². The minimum absolute atomic E-state index is 0.0120. The van der Waals surface area contributed by atoms with E-state index in [4.69, 9.17) is 9.72 Å². The van der Waals surface area contributed by atoms with Crippen LogP contribution in [0, 0.1) is 0 Å². The maximum Gasteiger partial charge on any atom is 0.409 e. The van der Waals surface area contributed by atoms with E-state index in [0.29, 0.717) is 32.5 Å². The van der Waals surface area contributed by atoms with E-state index in [9.17, 15) is 14.7 Å². The molecule has 0 unspecified atom stereocenters. The zero-order valence-electron chi connectivity index (χ0n) is 20.0. The van der Waals surface area contributed by atoms with E-state index in [0.717, 1.165) is 47.3 Å². The highest BCUT2D eigenvalue weighted by atomic mass is 16.5. The molecule has 0 saturated carbocycles. The van der Waals surface area contributed by atoms with Crippen molar-refractivity contribution in [1.29, 1.82) is 0 Å². The Morgan fingerprint density at radius 3 is 2.40 bits per heavy atom. The summed E-state index contributed by atoms with van der Waals surface area (Å²) in [6, 6.07) is 15.9. The molecule has 0 bridgehead atoms. The van der Waals surface area contributed by atoms with Crippen LogP contribution in [0.1, 0.15) is 37.5 Å². The Bertz CT molecular complexity index is 1390. The maximum absolute atomic E-state index is 13.8. The molecule has 5 rings (SSSR count). The first-order valence-corrected chi connectivity index (χ1v) is 12.2. The van der Waals surface area contributed by atoms with Gasteiger partial charge in [0.05, 0.1) is 35.7 Å². The summed E-state index contributed by atoms with van der Waals surface area (Å²) in [5.41, 5.74) is 3.65. The van der Waals surface area contributed by atoms with Crippen LogP contribution in [-0.2, 0) is 17.8 Å². The first-order chi connectivity index (χ1) is 17.1. The summed E-state index contributed by atoms with van der Waals surface area (Å²) in [7, 11) is 1.39. The van der Waals surface area contributed by atoms with E-state index >= 15 is 0 Å². The van der Waals surface area contributed by atoms with Crippen molar-refractivity contribution >= 4 is 28.2 Å². The number of rotatable bonds is 7. The lowest BCUT2D eigenvalue weighted by molar-refractivity contribution is 0.107. The smallest absolute Gasteiger partial charge is 0.409 e. The predicted octanol–water partition coefficient (Wildman–Crippen LogP) is 3.38. The van der Waals surface area contributed by atoms with Gasteiger partial charge in [0.15, 0.2) is 0 Å². The Balaban J connectivity index is 1.52. The highest BCUT2D eigenvalue weighted by Gasteiger charge is 2.28. The van der Waals surface area contributed by atoms with Gasteiger partial charge in [-0.1, -0.05) is 24.3 Å². The fraction of sp³-hybridized carbons (Fsp3) is 0.423. The number of aryl methyl sites for hydroxylation is 1. The molecule has 1 amide bonds. The fourth-order valence-corrected chi connectivity index (χ4v) is 5.19. The summed E-state index contributed by atoms with van der Waals surface area (Å²) in [6.45, 7) is 2.37. The predicted molar refractivity (Wildman–Crippen MR) is 134 cm³/mol. The van der Waals surface area contributed by atoms with Gasteiger partial charge in [0.1, 0.15) is 5.82 Å². The molecular weight excluding hydrogens is 446 g/mol. The number of carbonyl (C=O) groups excluding carboxylic acids is 1. The van der Waals surface area contributed by atoms with E-state index in [1.54, 1.807) is 4.90 Å². The van der Waals surface area contributed by atoms with E-state index in [1.807, 2.05) is 57.7 Å². The summed E-state index contributed by atoms with van der Waals surface area (Å²) >= 11 is 0. The van der Waals surface area contributed by atoms with Crippen LogP contribution in [0.15, 0.2) is 53.3 Å². The maximum atomic E-state index is 13.8. The summed E-state index contributed by atoms with van der Waals surface area (Å²) in [6.07, 6.45) is 2.62. The standard InChI is InChI=1S/C26H31N5O4/c1-35-26(34)28-15-12-19(13-16-28)31-23-11-5-4-10-22(23)30(25(31)33)18-24-27-20-8-2-3-9-21(20)29(24)14-6-7-17-32/h2-5,8-11,19,32H,6-7,12-18H2,1H3. The number of para-hydroxylation sites is 4. The fourth-order valence-electron chi connectivity index (χ4n) is 5.19. The molecule has 9 heteroatoms. The number of unbranched alkanes of at least 4 members (excludes halogenated alkanes) is 1. The van der Waals surface area contributed by atoms with Crippen LogP contribution >= 0.6 is 0 Å². The van der Waals surface area contributed by atoms with Crippen molar-refractivity contribution in [3.63, 3.8) is 0 Å². The first kappa shape index (κ1) is 23.2. The second-order valence-electron chi connectivity index (χ2n) is 9.01. The van der Waals surface area contributed by atoms with E-state index in [-0.39, 0.29) is 24.4 Å². The summed E-state index contributed by atoms with van der Waals surface area (Å²) in [5, 5.41) is 9.25. The van der Waals surface area contributed by atoms with Gasteiger partial charge < -0.3 is 19.3 Å². The van der Waals surface area contributed by atoms with Gasteiger partial charge in [0, 0.05) is 32.3 Å². The molecular formula is C26H31N5O4. The molecule has 4 aromatic rings. The largest absolute Gasteiger partial charge is 0.453 e. The second kappa shape index (κ2) is 9.95. The van der Waals surface area contributed by atoms with Gasteiger partial charge >= 0.3 is 11.8 Å². The van der Waals surface area contributed by atoms with Gasteiger partial charge in [0.2, 0.25) is 0 Å². The highest BCUT2D eigenvalue weighted by Crippen LogP contribution is 2.27. The van der Waals surface area contributed by atoms with Crippen LogP contribution in [0.25, 0.3) is 22.1 Å². The van der Waals surface area contributed by atoms with Gasteiger partial charge in [-0.3, -0.25) is 9.13 Å². The normalized spacial score (nSPS) is 14.7. The second-order valence-corrected chi connectivity index (χ2v) is 9.01. The molecule has 1 fully saturated rings. The van der Waals surface area contributed by atoms with Crippen molar-refractivity contribution in [3.05, 3.63) is 64.8 Å². The van der Waals surface area contributed by atoms with Gasteiger partial charge in [-0.05, 0) is 49.9 Å². The Kier molecular flexibility index (Phi) is 6.59. The van der Waals surface area contributed by atoms with Crippen LogP contribution in [0.4, 0.5) is 4.79 Å². The van der Waals surface area contributed by atoms with Gasteiger partial charge in [-0.25, -0.2) is 14.6 Å². The zero-order valence-corrected chi connectivity index (χ0v) is 20.0. The molecule has 3 heterocycles. The number of nitrogens with zero attached hydrogens (tertiary/aromatic N) is 5. The number of methoxy groups -OCH3 is 1. The molecule has 0 spiro atoms. The third-order valence-corrected chi connectivity index (χ3v) is 6.95. The van der Waals surface area contributed by atoms with Crippen molar-refractivity contribution in [3.8, 4) is 0 Å². The Labute approximate surface area is 203 Å². The van der Waals surface area contributed by atoms with Crippen molar-refractivity contribution in [2.45, 2.75) is 44.8 Å². The average molecular weight is 478 g/mol. The Hall–Kier alpha value is -3.59. The number of benzene rings is 2. The molecule has 0 atom stereocenters. The molecule has 1 aliphatic rings. The Morgan fingerprint density at radius 2 is 1.69 bits per heavy atom. The molecule has 35 heavy (non-hydrogen) atoms. The summed E-state index contributed by atoms with van der Waals surface area (Å²) in [4.78, 5) is 32.3. The lowest BCUT2D eigenvalue weighted by Crippen LogP contribution is -2.41. The molecule has 1 aliphatic heterocycles. The number of aliphatic hydroxyl groups excluding tert-OH is 1. The third-order valence-electron chi connectivity index (χ3n) is 6.95. The minimum Gasteiger partial charge on any atom is -0.453 e. The van der Waals surface area contributed by atoms with Gasteiger partial charge in [-0.2, -0.15) is 0 Å². The zero-order chi connectivity index (χ0) is 24.4. The minimum atomic E-state index is -0.321. The van der Waals surface area contributed by atoms with E-state index in [2.05, 4.69) is 4.57 Å². The van der Waals surface area contributed by atoms with E-state index < -0.39 is 0 Å². The van der Waals surface area contributed by atoms with Crippen LogP contribution < -0.4 is 5.69 Å². The van der Waals surface area contributed by atoms with Crippen LogP contribution in [0.3, 0.4) is 0 Å². The number of fused-ring (bicyclic) bond motifs is 2. The number of amides is 1. The van der Waals surface area contributed by atoms with Crippen LogP contribution in [0.5, 0.6) is 0 Å². The number of hydrogen-bond donors (Lipinski definition) is 1. The lowest BCUT2D eigenvalue weighted by Gasteiger charge is -2.31.